The largest absolute Gasteiger partial charge is 0.530 e. The van der Waals surface area contributed by atoms with Crippen molar-refractivity contribution in [3.63, 3.8) is 0 Å². The lowest BCUT2D eigenvalue weighted by molar-refractivity contribution is 0.576. The molecule has 0 spiro atoms. The Hall–Kier alpha value is -3.18. The van der Waals surface area contributed by atoms with E-state index in [0.717, 1.165) is 31.4 Å². The van der Waals surface area contributed by atoms with Crippen LogP contribution in [0.5, 0.6) is 5.75 Å². The first-order valence-corrected chi connectivity index (χ1v) is 14.1. The summed E-state index contributed by atoms with van der Waals surface area (Å²) in [4.78, 5) is 0. The summed E-state index contributed by atoms with van der Waals surface area (Å²) in [5.74, 6) is 0.892. The molecule has 0 saturated heterocycles. The van der Waals surface area contributed by atoms with Crippen LogP contribution in [0.3, 0.4) is 0 Å². The second-order valence-electron chi connectivity index (χ2n) is 8.64. The van der Waals surface area contributed by atoms with Crippen molar-refractivity contribution in [2.45, 2.75) is 25.7 Å². The van der Waals surface area contributed by atoms with Gasteiger partial charge in [-0.1, -0.05) is 97.1 Å². The van der Waals surface area contributed by atoms with E-state index in [1.54, 1.807) is 0 Å². The van der Waals surface area contributed by atoms with Gasteiger partial charge in [-0.25, -0.2) is 0 Å². The Labute approximate surface area is 204 Å². The molecule has 0 aliphatic heterocycles. The highest BCUT2D eigenvalue weighted by Crippen LogP contribution is 2.19. The third-order valence-electron chi connectivity index (χ3n) is 6.25. The molecule has 0 aliphatic rings. The van der Waals surface area contributed by atoms with Crippen LogP contribution < -0.4 is 31.5 Å². The van der Waals surface area contributed by atoms with Crippen molar-refractivity contribution in [1.29, 1.82) is 0 Å². The van der Waals surface area contributed by atoms with Crippen LogP contribution in [0.4, 0.5) is 0 Å². The second kappa shape index (κ2) is 11.8. The third kappa shape index (κ3) is 5.48. The molecule has 0 aliphatic carbocycles. The van der Waals surface area contributed by atoms with E-state index >= 15 is 0 Å². The van der Waals surface area contributed by atoms with Crippen molar-refractivity contribution < 1.29 is 4.43 Å². The first kappa shape index (κ1) is 24.0. The highest BCUT2D eigenvalue weighted by molar-refractivity contribution is 7.07. The Kier molecular flexibility index (Phi) is 8.31. The summed E-state index contributed by atoms with van der Waals surface area (Å²) >= 11 is 0. The minimum atomic E-state index is -2.81. The zero-order valence-corrected chi connectivity index (χ0v) is 20.7. The van der Waals surface area contributed by atoms with Gasteiger partial charge in [0.15, 0.2) is 0 Å². The smallest absolute Gasteiger partial charge is 0.346 e. The fourth-order valence-electron chi connectivity index (χ4n) is 4.44. The fraction of sp³-hybridized carbons (Fsp3) is 0.200. The molecule has 174 valence electrons. The lowest BCUT2D eigenvalue weighted by Gasteiger charge is -2.33. The number of nitrogens with two attached hydrogens (primary N) is 2. The maximum atomic E-state index is 7.13. The van der Waals surface area contributed by atoms with Gasteiger partial charge in [0.1, 0.15) is 5.75 Å². The standard InChI is InChI=1S/C30H34N2OSi/c31-23-7-9-25-15-19-27(20-16-25)33-34(28-11-3-1-4-12-28,29-13-5-2-6-14-29)30-21-17-26(18-22-30)10-8-24-32/h1-6,11-22H,7-10,23-24,31-32H2. The Morgan fingerprint density at radius 2 is 0.912 bits per heavy atom. The molecular formula is C30H34N2OSi. The molecule has 0 atom stereocenters. The summed E-state index contributed by atoms with van der Waals surface area (Å²) in [5.41, 5.74) is 14.0. The Morgan fingerprint density at radius 3 is 1.35 bits per heavy atom. The average Bonchev–Trinajstić information content (AvgIpc) is 2.91. The molecule has 0 fully saturated rings. The van der Waals surface area contributed by atoms with E-state index in [4.69, 9.17) is 15.9 Å². The predicted octanol–water partition coefficient (Wildman–Crippen LogP) is 3.52. The predicted molar refractivity (Wildman–Crippen MR) is 146 cm³/mol. The molecule has 4 aromatic rings. The molecule has 0 saturated carbocycles. The quantitative estimate of drug-likeness (QED) is 0.263. The Balaban J connectivity index is 1.82. The van der Waals surface area contributed by atoms with Gasteiger partial charge < -0.3 is 15.9 Å². The average molecular weight is 467 g/mol. The minimum absolute atomic E-state index is 0.706. The molecule has 0 amide bonds. The third-order valence-corrected chi connectivity index (χ3v) is 10.2. The summed E-state index contributed by atoms with van der Waals surface area (Å²) in [6, 6.07) is 38.9. The highest BCUT2D eigenvalue weighted by Gasteiger charge is 2.44. The van der Waals surface area contributed by atoms with Gasteiger partial charge in [-0.3, -0.25) is 0 Å². The summed E-state index contributed by atoms with van der Waals surface area (Å²) in [6.45, 7) is 1.41. The molecule has 4 rings (SSSR count). The van der Waals surface area contributed by atoms with Crippen molar-refractivity contribution >= 4 is 23.9 Å². The number of benzene rings is 4. The molecule has 3 nitrogen and oxygen atoms in total. The zero-order chi connectivity index (χ0) is 23.6. The van der Waals surface area contributed by atoms with E-state index in [1.165, 1.54) is 26.7 Å². The van der Waals surface area contributed by atoms with E-state index in [9.17, 15) is 0 Å². The topological polar surface area (TPSA) is 61.3 Å². The van der Waals surface area contributed by atoms with Crippen molar-refractivity contribution in [2.75, 3.05) is 13.1 Å². The van der Waals surface area contributed by atoms with Crippen LogP contribution in [-0.4, -0.2) is 21.4 Å². The SMILES string of the molecule is NCCCc1ccc(O[Si](c2ccccc2)(c2ccccc2)c2ccc(CCCN)cc2)cc1. The molecular weight excluding hydrogens is 432 g/mol. The van der Waals surface area contributed by atoms with Gasteiger partial charge >= 0.3 is 8.32 Å². The molecule has 4 heteroatoms. The summed E-state index contributed by atoms with van der Waals surface area (Å²) in [7, 11) is -2.81. The molecule has 0 aromatic heterocycles. The van der Waals surface area contributed by atoms with Gasteiger partial charge in [0, 0.05) is 0 Å². The van der Waals surface area contributed by atoms with Gasteiger partial charge in [0.2, 0.25) is 0 Å². The first-order valence-electron chi connectivity index (χ1n) is 12.1. The van der Waals surface area contributed by atoms with Gasteiger partial charge in [-0.15, -0.1) is 0 Å². The van der Waals surface area contributed by atoms with E-state index < -0.39 is 8.32 Å². The van der Waals surface area contributed by atoms with Crippen molar-refractivity contribution in [3.8, 4) is 5.75 Å². The molecule has 0 heterocycles. The van der Waals surface area contributed by atoms with E-state index in [-0.39, 0.29) is 0 Å². The Bertz CT molecular complexity index is 1090. The van der Waals surface area contributed by atoms with Gasteiger partial charge in [-0.05, 0) is 77.6 Å². The minimum Gasteiger partial charge on any atom is -0.530 e. The highest BCUT2D eigenvalue weighted by atomic mass is 28.4. The molecule has 0 bridgehead atoms. The monoisotopic (exact) mass is 466 g/mol. The lowest BCUT2D eigenvalue weighted by atomic mass is 10.1. The van der Waals surface area contributed by atoms with Gasteiger partial charge in [-0.2, -0.15) is 0 Å². The van der Waals surface area contributed by atoms with Crippen molar-refractivity contribution in [3.05, 3.63) is 120 Å². The van der Waals surface area contributed by atoms with Crippen molar-refractivity contribution in [2.24, 2.45) is 11.5 Å². The maximum absolute atomic E-state index is 7.13. The Morgan fingerprint density at radius 1 is 0.500 bits per heavy atom. The fourth-order valence-corrected chi connectivity index (χ4v) is 8.24. The van der Waals surface area contributed by atoms with Crippen LogP contribution in [0, 0.1) is 0 Å². The number of aryl methyl sites for hydroxylation is 2. The van der Waals surface area contributed by atoms with E-state index in [0.29, 0.717) is 13.1 Å². The summed E-state index contributed by atoms with van der Waals surface area (Å²) < 4.78 is 7.13. The van der Waals surface area contributed by atoms with Gasteiger partial charge in [0.25, 0.3) is 0 Å². The van der Waals surface area contributed by atoms with E-state index in [1.807, 2.05) is 0 Å². The van der Waals surface area contributed by atoms with Crippen molar-refractivity contribution in [1.82, 2.24) is 0 Å². The molecule has 34 heavy (non-hydrogen) atoms. The number of rotatable bonds is 11. The summed E-state index contributed by atoms with van der Waals surface area (Å²) in [6.07, 6.45) is 3.96. The van der Waals surface area contributed by atoms with Crippen LogP contribution in [0.15, 0.2) is 109 Å². The zero-order valence-electron chi connectivity index (χ0n) is 19.7. The van der Waals surface area contributed by atoms with E-state index in [2.05, 4.69) is 109 Å². The van der Waals surface area contributed by atoms with Gasteiger partial charge in [0.05, 0.1) is 0 Å². The van der Waals surface area contributed by atoms with Crippen LogP contribution in [-0.2, 0) is 12.8 Å². The molecule has 0 radical (unpaired) electrons. The van der Waals surface area contributed by atoms with Crippen LogP contribution in [0.2, 0.25) is 0 Å². The molecule has 4 N–H and O–H groups in total. The van der Waals surface area contributed by atoms with Crippen LogP contribution in [0.1, 0.15) is 24.0 Å². The maximum Gasteiger partial charge on any atom is 0.346 e. The number of hydrogen-bond donors (Lipinski definition) is 2. The van der Waals surface area contributed by atoms with Crippen LogP contribution >= 0.6 is 0 Å². The summed E-state index contributed by atoms with van der Waals surface area (Å²) in [5, 5.41) is 3.68. The number of hydrogen-bond acceptors (Lipinski definition) is 3. The normalized spacial score (nSPS) is 11.4. The molecule has 4 aromatic carbocycles. The first-order chi connectivity index (χ1) is 16.8. The molecule has 0 unspecified atom stereocenters. The van der Waals surface area contributed by atoms with Crippen LogP contribution in [0.25, 0.3) is 0 Å². The lowest BCUT2D eigenvalue weighted by Crippen LogP contribution is -2.71. The second-order valence-corrected chi connectivity index (χ2v) is 11.9.